The molecule has 5 nitrogen and oxygen atoms in total. The van der Waals surface area contributed by atoms with Gasteiger partial charge in [-0.2, -0.15) is 0 Å². The molecule has 134 valence electrons. The van der Waals surface area contributed by atoms with E-state index in [1.54, 1.807) is 26.2 Å². The molecule has 1 N–H and O–H groups in total. The van der Waals surface area contributed by atoms with Gasteiger partial charge in [-0.05, 0) is 45.0 Å². The Hall–Kier alpha value is -2.69. The molecule has 0 spiro atoms. The lowest BCUT2D eigenvalue weighted by molar-refractivity contribution is -0.128. The van der Waals surface area contributed by atoms with Crippen LogP contribution in [0, 0.1) is 6.92 Å². The van der Waals surface area contributed by atoms with Crippen LogP contribution in [0.15, 0.2) is 48.5 Å². The van der Waals surface area contributed by atoms with E-state index < -0.39 is 6.10 Å². The first kappa shape index (κ1) is 18.6. The maximum Gasteiger partial charge on any atom is 0.261 e. The topological polar surface area (TPSA) is 56.8 Å². The predicted molar refractivity (Wildman–Crippen MR) is 97.4 cm³/mol. The highest BCUT2D eigenvalue weighted by molar-refractivity contribution is 5.81. The molecule has 5 heteroatoms. The molecule has 1 amide bonds. The Morgan fingerprint density at radius 3 is 2.32 bits per heavy atom. The van der Waals surface area contributed by atoms with E-state index in [2.05, 4.69) is 5.32 Å². The average molecular weight is 343 g/mol. The Balaban J connectivity index is 1.82. The second-order valence-electron chi connectivity index (χ2n) is 5.94. The third-order valence-corrected chi connectivity index (χ3v) is 3.65. The molecule has 2 aromatic rings. The van der Waals surface area contributed by atoms with Crippen molar-refractivity contribution in [2.24, 2.45) is 0 Å². The van der Waals surface area contributed by atoms with Crippen molar-refractivity contribution in [3.8, 4) is 17.2 Å². The van der Waals surface area contributed by atoms with E-state index in [1.165, 1.54) is 5.56 Å². The van der Waals surface area contributed by atoms with Crippen LogP contribution in [0.2, 0.25) is 0 Å². The van der Waals surface area contributed by atoms with Gasteiger partial charge >= 0.3 is 0 Å². The molecule has 25 heavy (non-hydrogen) atoms. The first-order valence-electron chi connectivity index (χ1n) is 8.29. The van der Waals surface area contributed by atoms with Crippen LogP contribution in [0.4, 0.5) is 0 Å². The molecule has 0 saturated carbocycles. The quantitative estimate of drug-likeness (QED) is 0.798. The highest BCUT2D eigenvalue weighted by atomic mass is 16.5. The van der Waals surface area contributed by atoms with Crippen LogP contribution in [-0.4, -0.2) is 31.8 Å². The Labute approximate surface area is 148 Å². The van der Waals surface area contributed by atoms with Crippen LogP contribution in [0.25, 0.3) is 0 Å². The Morgan fingerprint density at radius 2 is 1.68 bits per heavy atom. The Morgan fingerprint density at radius 1 is 1.04 bits per heavy atom. The lowest BCUT2D eigenvalue weighted by atomic mass is 10.2. The van der Waals surface area contributed by atoms with Crippen molar-refractivity contribution >= 4 is 5.91 Å². The number of nitrogens with one attached hydrogen (secondary N) is 1. The number of hydrogen-bond acceptors (Lipinski definition) is 4. The van der Waals surface area contributed by atoms with Gasteiger partial charge in [0.1, 0.15) is 12.4 Å². The maximum absolute atomic E-state index is 12.3. The van der Waals surface area contributed by atoms with Gasteiger partial charge in [0.25, 0.3) is 5.91 Å². The van der Waals surface area contributed by atoms with Crippen molar-refractivity contribution in [2.45, 2.75) is 32.9 Å². The molecule has 0 saturated heterocycles. The molecule has 2 aromatic carbocycles. The van der Waals surface area contributed by atoms with Crippen LogP contribution in [-0.2, 0) is 4.79 Å². The minimum absolute atomic E-state index is 0.141. The molecule has 0 aliphatic carbocycles. The summed E-state index contributed by atoms with van der Waals surface area (Å²) < 4.78 is 16.6. The number of ether oxygens (including phenoxy) is 3. The number of amides is 1. The minimum Gasteiger partial charge on any atom is -0.493 e. The van der Waals surface area contributed by atoms with Crippen molar-refractivity contribution < 1.29 is 19.0 Å². The normalized spacial score (nSPS) is 12.8. The minimum atomic E-state index is -0.641. The van der Waals surface area contributed by atoms with Crippen LogP contribution in [0.5, 0.6) is 17.2 Å². The average Bonchev–Trinajstić information content (AvgIpc) is 2.61. The molecule has 0 heterocycles. The van der Waals surface area contributed by atoms with E-state index in [1.807, 2.05) is 50.2 Å². The SMILES string of the molecule is COc1ccccc1OC(C)C(=O)NC(C)COc1ccc(C)cc1. The van der Waals surface area contributed by atoms with Gasteiger partial charge in [0, 0.05) is 0 Å². The smallest absolute Gasteiger partial charge is 0.261 e. The highest BCUT2D eigenvalue weighted by Gasteiger charge is 2.18. The van der Waals surface area contributed by atoms with E-state index in [-0.39, 0.29) is 11.9 Å². The lowest BCUT2D eigenvalue weighted by Gasteiger charge is -2.20. The fourth-order valence-corrected chi connectivity index (χ4v) is 2.22. The van der Waals surface area contributed by atoms with Gasteiger partial charge in [-0.3, -0.25) is 4.79 Å². The second-order valence-corrected chi connectivity index (χ2v) is 5.94. The highest BCUT2D eigenvalue weighted by Crippen LogP contribution is 2.26. The predicted octanol–water partition coefficient (Wildman–Crippen LogP) is 3.35. The largest absolute Gasteiger partial charge is 0.493 e. The van der Waals surface area contributed by atoms with Gasteiger partial charge in [-0.1, -0.05) is 29.8 Å². The van der Waals surface area contributed by atoms with E-state index >= 15 is 0 Å². The number of carbonyl (C=O) groups excluding carboxylic acids is 1. The Bertz CT molecular complexity index is 684. The van der Waals surface area contributed by atoms with E-state index in [0.29, 0.717) is 18.1 Å². The Kier molecular flexibility index (Phi) is 6.69. The summed E-state index contributed by atoms with van der Waals surface area (Å²) in [5.74, 6) is 1.71. The molecule has 0 aliphatic heterocycles. The summed E-state index contributed by atoms with van der Waals surface area (Å²) in [6, 6.07) is 14.9. The first-order chi connectivity index (χ1) is 12.0. The number of para-hydroxylation sites is 2. The summed E-state index contributed by atoms with van der Waals surface area (Å²) in [7, 11) is 1.57. The van der Waals surface area contributed by atoms with Crippen LogP contribution in [0.1, 0.15) is 19.4 Å². The number of benzene rings is 2. The molecule has 2 unspecified atom stereocenters. The molecule has 2 rings (SSSR count). The van der Waals surface area contributed by atoms with E-state index in [0.717, 1.165) is 5.75 Å². The second kappa shape index (κ2) is 8.97. The van der Waals surface area contributed by atoms with Crippen LogP contribution < -0.4 is 19.5 Å². The number of aryl methyl sites for hydroxylation is 1. The summed E-state index contributed by atoms with van der Waals surface area (Å²) in [5, 5.41) is 2.89. The fourth-order valence-electron chi connectivity index (χ4n) is 2.22. The maximum atomic E-state index is 12.3. The number of rotatable bonds is 8. The van der Waals surface area contributed by atoms with Crippen LogP contribution in [0.3, 0.4) is 0 Å². The van der Waals surface area contributed by atoms with E-state index in [9.17, 15) is 4.79 Å². The van der Waals surface area contributed by atoms with Crippen LogP contribution >= 0.6 is 0 Å². The number of methoxy groups -OCH3 is 1. The monoisotopic (exact) mass is 343 g/mol. The molecular weight excluding hydrogens is 318 g/mol. The number of carbonyl (C=O) groups is 1. The van der Waals surface area contributed by atoms with Gasteiger partial charge in [0.2, 0.25) is 0 Å². The molecule has 0 aromatic heterocycles. The summed E-state index contributed by atoms with van der Waals surface area (Å²) in [4.78, 5) is 12.3. The third-order valence-electron chi connectivity index (χ3n) is 3.65. The fraction of sp³-hybridized carbons (Fsp3) is 0.350. The summed E-state index contributed by atoms with van der Waals surface area (Å²) in [6.07, 6.45) is -0.641. The van der Waals surface area contributed by atoms with Gasteiger partial charge < -0.3 is 19.5 Å². The molecule has 0 aliphatic rings. The van der Waals surface area contributed by atoms with Crippen molar-refractivity contribution in [3.05, 3.63) is 54.1 Å². The van der Waals surface area contributed by atoms with Gasteiger partial charge in [-0.15, -0.1) is 0 Å². The first-order valence-corrected chi connectivity index (χ1v) is 8.29. The molecule has 0 radical (unpaired) electrons. The van der Waals surface area contributed by atoms with Crippen molar-refractivity contribution in [2.75, 3.05) is 13.7 Å². The molecule has 0 bridgehead atoms. The van der Waals surface area contributed by atoms with Crippen molar-refractivity contribution in [1.29, 1.82) is 0 Å². The van der Waals surface area contributed by atoms with Gasteiger partial charge in [0.15, 0.2) is 17.6 Å². The van der Waals surface area contributed by atoms with Crippen molar-refractivity contribution in [1.82, 2.24) is 5.32 Å². The standard InChI is InChI=1S/C20H25NO4/c1-14-9-11-17(12-10-14)24-13-15(2)21-20(22)16(3)25-19-8-6-5-7-18(19)23-4/h5-12,15-16H,13H2,1-4H3,(H,21,22). The van der Waals surface area contributed by atoms with Gasteiger partial charge in [0.05, 0.1) is 13.2 Å². The van der Waals surface area contributed by atoms with Crippen molar-refractivity contribution in [3.63, 3.8) is 0 Å². The molecular formula is C20H25NO4. The lowest BCUT2D eigenvalue weighted by Crippen LogP contribution is -2.43. The summed E-state index contributed by atoms with van der Waals surface area (Å²) in [5.41, 5.74) is 1.18. The molecule has 2 atom stereocenters. The number of hydrogen-bond donors (Lipinski definition) is 1. The van der Waals surface area contributed by atoms with E-state index in [4.69, 9.17) is 14.2 Å². The summed E-state index contributed by atoms with van der Waals surface area (Å²) >= 11 is 0. The summed E-state index contributed by atoms with van der Waals surface area (Å²) in [6.45, 7) is 6.00. The molecule has 0 fully saturated rings. The zero-order valence-corrected chi connectivity index (χ0v) is 15.1. The zero-order chi connectivity index (χ0) is 18.2. The zero-order valence-electron chi connectivity index (χ0n) is 15.1. The van der Waals surface area contributed by atoms with Gasteiger partial charge in [-0.25, -0.2) is 0 Å². The third kappa shape index (κ3) is 5.71.